The van der Waals surface area contributed by atoms with E-state index in [4.69, 9.17) is 5.73 Å². The molecule has 0 unspecified atom stereocenters. The smallest absolute Gasteiger partial charge is 0.166 e. The minimum absolute atomic E-state index is 0.0839. The van der Waals surface area contributed by atoms with E-state index in [2.05, 4.69) is 40.1 Å². The lowest BCUT2D eigenvalue weighted by Gasteiger charge is -2.25. The highest BCUT2D eigenvalue weighted by molar-refractivity contribution is 9.10. The average Bonchev–Trinajstić information content (AvgIpc) is 2.25. The normalized spacial score (nSPS) is 11.6. The van der Waals surface area contributed by atoms with Gasteiger partial charge in [-0.15, -0.1) is 0 Å². The van der Waals surface area contributed by atoms with Crippen molar-refractivity contribution in [3.8, 4) is 0 Å². The predicted octanol–water partition coefficient (Wildman–Crippen LogP) is 3.16. The molecule has 1 aromatic heterocycles. The van der Waals surface area contributed by atoms with E-state index in [0.29, 0.717) is 23.4 Å². The maximum Gasteiger partial charge on any atom is 0.166 e. The highest BCUT2D eigenvalue weighted by Gasteiger charge is 2.17. The number of aromatic nitrogens is 1. The van der Waals surface area contributed by atoms with Gasteiger partial charge in [-0.25, -0.2) is 9.37 Å². The van der Waals surface area contributed by atoms with Gasteiger partial charge in [0.25, 0.3) is 0 Å². The van der Waals surface area contributed by atoms with Gasteiger partial charge in [-0.05, 0) is 46.8 Å². The van der Waals surface area contributed by atoms with Crippen molar-refractivity contribution in [3.05, 3.63) is 22.6 Å². The molecule has 1 aromatic rings. The molecule has 0 aromatic carbocycles. The second-order valence-electron chi connectivity index (χ2n) is 4.89. The summed E-state index contributed by atoms with van der Waals surface area (Å²) in [6.45, 7) is 5.63. The molecule has 0 radical (unpaired) electrons. The minimum atomic E-state index is -0.339. The van der Waals surface area contributed by atoms with Crippen LogP contribution in [-0.2, 0) is 0 Å². The largest absolute Gasteiger partial charge is 0.367 e. The van der Waals surface area contributed by atoms with Crippen LogP contribution < -0.4 is 11.1 Å². The van der Waals surface area contributed by atoms with Crippen molar-refractivity contribution in [3.63, 3.8) is 0 Å². The van der Waals surface area contributed by atoms with E-state index in [1.807, 2.05) is 0 Å². The van der Waals surface area contributed by atoms with E-state index in [0.717, 1.165) is 12.8 Å². The molecule has 3 nitrogen and oxygen atoms in total. The summed E-state index contributed by atoms with van der Waals surface area (Å²) in [6, 6.07) is 1.40. The standard InChI is InChI=1S/C12H19BrFN3/c1-12(2,4-3-5-15)8-17-11-10(14)6-9(13)7-16-11/h6-7H,3-5,8,15H2,1-2H3,(H,16,17). The minimum Gasteiger partial charge on any atom is -0.367 e. The third kappa shape index (κ3) is 5.00. The fourth-order valence-corrected chi connectivity index (χ4v) is 1.84. The first-order valence-corrected chi connectivity index (χ1v) is 6.49. The van der Waals surface area contributed by atoms with Gasteiger partial charge in [-0.3, -0.25) is 0 Å². The lowest BCUT2D eigenvalue weighted by molar-refractivity contribution is 0.349. The maximum atomic E-state index is 13.5. The number of anilines is 1. The second kappa shape index (κ2) is 6.31. The first kappa shape index (κ1) is 14.4. The first-order chi connectivity index (χ1) is 7.94. The van der Waals surface area contributed by atoms with Crippen molar-refractivity contribution < 1.29 is 4.39 Å². The maximum absolute atomic E-state index is 13.5. The summed E-state index contributed by atoms with van der Waals surface area (Å²) in [6.07, 6.45) is 3.57. The van der Waals surface area contributed by atoms with Crippen LogP contribution in [-0.4, -0.2) is 18.1 Å². The summed E-state index contributed by atoms with van der Waals surface area (Å²) in [5.74, 6) is -0.0389. The molecular formula is C12H19BrFN3. The molecule has 0 aliphatic rings. The molecule has 0 fully saturated rings. The number of nitrogens with one attached hydrogen (secondary N) is 1. The molecule has 0 saturated heterocycles. The Bertz CT molecular complexity index is 369. The van der Waals surface area contributed by atoms with E-state index >= 15 is 0 Å². The quantitative estimate of drug-likeness (QED) is 0.849. The second-order valence-corrected chi connectivity index (χ2v) is 5.81. The van der Waals surface area contributed by atoms with E-state index in [9.17, 15) is 4.39 Å². The van der Waals surface area contributed by atoms with Crippen LogP contribution in [0.15, 0.2) is 16.7 Å². The van der Waals surface area contributed by atoms with Crippen LogP contribution >= 0.6 is 15.9 Å². The van der Waals surface area contributed by atoms with E-state index in [1.165, 1.54) is 6.07 Å². The average molecular weight is 304 g/mol. The van der Waals surface area contributed by atoms with Gasteiger partial charge in [0.15, 0.2) is 11.6 Å². The Labute approximate surface area is 110 Å². The molecule has 0 aliphatic heterocycles. The summed E-state index contributed by atoms with van der Waals surface area (Å²) in [5.41, 5.74) is 5.57. The molecule has 0 atom stereocenters. The molecule has 3 N–H and O–H groups in total. The molecule has 0 saturated carbocycles. The summed E-state index contributed by atoms with van der Waals surface area (Å²) < 4.78 is 14.1. The monoisotopic (exact) mass is 303 g/mol. The van der Waals surface area contributed by atoms with Gasteiger partial charge in [0.2, 0.25) is 0 Å². The van der Waals surface area contributed by atoms with Gasteiger partial charge in [-0.1, -0.05) is 13.8 Å². The van der Waals surface area contributed by atoms with Gasteiger partial charge >= 0.3 is 0 Å². The van der Waals surface area contributed by atoms with Crippen molar-refractivity contribution in [1.29, 1.82) is 0 Å². The topological polar surface area (TPSA) is 50.9 Å². The van der Waals surface area contributed by atoms with E-state index in [1.54, 1.807) is 6.20 Å². The van der Waals surface area contributed by atoms with Gasteiger partial charge in [0.05, 0.1) is 0 Å². The zero-order valence-corrected chi connectivity index (χ0v) is 11.8. The van der Waals surface area contributed by atoms with E-state index in [-0.39, 0.29) is 11.2 Å². The predicted molar refractivity (Wildman–Crippen MR) is 72.5 cm³/mol. The Hall–Kier alpha value is -0.680. The lowest BCUT2D eigenvalue weighted by Crippen LogP contribution is -2.24. The van der Waals surface area contributed by atoms with Crippen LogP contribution in [0.3, 0.4) is 0 Å². The summed E-state index contributed by atoms with van der Waals surface area (Å²) >= 11 is 3.18. The summed E-state index contributed by atoms with van der Waals surface area (Å²) in [7, 11) is 0. The van der Waals surface area contributed by atoms with Crippen LogP contribution in [0.5, 0.6) is 0 Å². The Balaban J connectivity index is 2.54. The van der Waals surface area contributed by atoms with Gasteiger partial charge in [-0.2, -0.15) is 0 Å². The van der Waals surface area contributed by atoms with Crippen molar-refractivity contribution in [2.45, 2.75) is 26.7 Å². The number of nitrogens with zero attached hydrogens (tertiary/aromatic N) is 1. The SMILES string of the molecule is CC(C)(CCCN)CNc1ncc(Br)cc1F. The van der Waals surface area contributed by atoms with Crippen LogP contribution in [0, 0.1) is 11.2 Å². The Morgan fingerprint density at radius 1 is 1.53 bits per heavy atom. The van der Waals surface area contributed by atoms with Crippen molar-refractivity contribution in [2.75, 3.05) is 18.4 Å². The van der Waals surface area contributed by atoms with Gasteiger partial charge in [0, 0.05) is 17.2 Å². The molecule has 1 heterocycles. The zero-order chi connectivity index (χ0) is 12.9. The van der Waals surface area contributed by atoms with Crippen LogP contribution in [0.4, 0.5) is 10.2 Å². The highest BCUT2D eigenvalue weighted by atomic mass is 79.9. The summed E-state index contributed by atoms with van der Waals surface area (Å²) in [4.78, 5) is 4.00. The molecule has 17 heavy (non-hydrogen) atoms. The summed E-state index contributed by atoms with van der Waals surface area (Å²) in [5, 5.41) is 3.04. The van der Waals surface area contributed by atoms with Crippen LogP contribution in [0.25, 0.3) is 0 Å². The van der Waals surface area contributed by atoms with Crippen molar-refractivity contribution >= 4 is 21.7 Å². The zero-order valence-electron chi connectivity index (χ0n) is 10.3. The van der Waals surface area contributed by atoms with E-state index < -0.39 is 0 Å². The van der Waals surface area contributed by atoms with Gasteiger partial charge in [0.1, 0.15) is 0 Å². The highest BCUT2D eigenvalue weighted by Crippen LogP contribution is 2.23. The number of hydrogen-bond acceptors (Lipinski definition) is 3. The lowest BCUT2D eigenvalue weighted by atomic mass is 9.88. The molecule has 1 rings (SSSR count). The molecule has 5 heteroatoms. The fourth-order valence-electron chi connectivity index (χ4n) is 1.54. The molecule has 96 valence electrons. The number of pyridine rings is 1. The van der Waals surface area contributed by atoms with Crippen molar-refractivity contribution in [2.24, 2.45) is 11.1 Å². The molecule has 0 amide bonds. The molecular weight excluding hydrogens is 285 g/mol. The molecule has 0 aliphatic carbocycles. The van der Waals surface area contributed by atoms with Crippen LogP contribution in [0.2, 0.25) is 0 Å². The molecule has 0 bridgehead atoms. The number of hydrogen-bond donors (Lipinski definition) is 2. The number of nitrogens with two attached hydrogens (primary N) is 1. The molecule has 0 spiro atoms. The van der Waals surface area contributed by atoms with Crippen LogP contribution in [0.1, 0.15) is 26.7 Å². The Kier molecular flexibility index (Phi) is 5.33. The van der Waals surface area contributed by atoms with Crippen molar-refractivity contribution in [1.82, 2.24) is 4.98 Å². The Morgan fingerprint density at radius 2 is 2.24 bits per heavy atom. The first-order valence-electron chi connectivity index (χ1n) is 5.69. The Morgan fingerprint density at radius 3 is 2.82 bits per heavy atom. The van der Waals surface area contributed by atoms with Gasteiger partial charge < -0.3 is 11.1 Å². The third-order valence-electron chi connectivity index (χ3n) is 2.60. The third-order valence-corrected chi connectivity index (χ3v) is 3.03. The number of halogens is 2. The number of rotatable bonds is 6. The fraction of sp³-hybridized carbons (Fsp3) is 0.583.